The Kier molecular flexibility index (Phi) is 6.41. The molecule has 1 aromatic carbocycles. The summed E-state index contributed by atoms with van der Waals surface area (Å²) in [5, 5.41) is 11.7. The number of thioether (sulfide) groups is 1. The van der Waals surface area contributed by atoms with Crippen molar-refractivity contribution in [3.63, 3.8) is 0 Å². The Hall–Kier alpha value is -0.424. The zero-order valence-electron chi connectivity index (χ0n) is 13.3. The second-order valence-corrected chi connectivity index (χ2v) is 8.24. The second kappa shape index (κ2) is 7.67. The van der Waals surface area contributed by atoms with Crippen LogP contribution in [0.2, 0.25) is 0 Å². The van der Waals surface area contributed by atoms with Crippen molar-refractivity contribution in [1.29, 1.82) is 0 Å². The van der Waals surface area contributed by atoms with Gasteiger partial charge in [-0.1, -0.05) is 30.3 Å². The Labute approximate surface area is 192 Å². The van der Waals surface area contributed by atoms with Crippen LogP contribution in [-0.4, -0.2) is 101 Å². The molecule has 2 saturated heterocycles. The van der Waals surface area contributed by atoms with Crippen LogP contribution in [0.1, 0.15) is 25.5 Å². The first kappa shape index (κ1) is 20.9. The quantitative estimate of drug-likeness (QED) is 0.480. The van der Waals surface area contributed by atoms with E-state index in [1.165, 1.54) is 16.7 Å². The number of carbonyl (C=O) groups excluding carboxylic acids is 2. The van der Waals surface area contributed by atoms with Crippen LogP contribution < -0.4 is 11.1 Å². The third-order valence-corrected chi connectivity index (χ3v) is 5.99. The molecule has 1 aromatic rings. The van der Waals surface area contributed by atoms with Crippen LogP contribution in [0.25, 0.3) is 0 Å². The monoisotopic (exact) mass is 389 g/mol. The Morgan fingerprint density at radius 2 is 1.92 bits per heavy atom. The van der Waals surface area contributed by atoms with Gasteiger partial charge in [0.25, 0.3) is 0 Å². The zero-order valence-corrected chi connectivity index (χ0v) is 14.1. The minimum absolute atomic E-state index is 0. The molecular weight excluding hydrogens is 369 g/mol. The summed E-state index contributed by atoms with van der Waals surface area (Å²) in [7, 11) is 0. The molecule has 1 unspecified atom stereocenters. The van der Waals surface area contributed by atoms with Crippen LogP contribution in [0.15, 0.2) is 30.3 Å². The molecule has 0 aliphatic carbocycles. The average molecular weight is 390 g/mol. The van der Waals surface area contributed by atoms with Gasteiger partial charge in [0.1, 0.15) is 23.5 Å². The number of fused-ring (bicyclic) bond motifs is 1. The predicted octanol–water partition coefficient (Wildman–Crippen LogP) is -0.330. The first-order valence-corrected chi connectivity index (χ1v) is 8.45. The number of hydrogen-bond donors (Lipinski definition) is 3. The molecule has 7 nitrogen and oxygen atoms in total. The number of hydrogen-bond acceptors (Lipinski definition) is 5. The maximum absolute atomic E-state index is 12.3. The normalized spacial score (nSPS) is 27.6. The van der Waals surface area contributed by atoms with E-state index in [0.29, 0.717) is 5.56 Å². The Bertz CT molecular complexity index is 700. The van der Waals surface area contributed by atoms with Gasteiger partial charge in [0.2, 0.25) is 11.8 Å². The van der Waals surface area contributed by atoms with Crippen molar-refractivity contribution in [3.05, 3.63) is 35.9 Å². The minimum atomic E-state index is -1.03. The van der Waals surface area contributed by atoms with E-state index in [0.717, 1.165) is 0 Å². The molecule has 25 heavy (non-hydrogen) atoms. The molecule has 0 aromatic heterocycles. The molecule has 0 spiro atoms. The average Bonchev–Trinajstić information content (AvgIpc) is 2.80. The van der Waals surface area contributed by atoms with Crippen molar-refractivity contribution in [2.45, 2.75) is 42.1 Å². The van der Waals surface area contributed by atoms with E-state index < -0.39 is 34.7 Å². The molecule has 130 valence electrons. The van der Waals surface area contributed by atoms with Gasteiger partial charge in [0.05, 0.1) is 0 Å². The van der Waals surface area contributed by atoms with Crippen molar-refractivity contribution < 1.29 is 19.5 Å². The number of β-lactam (4-membered cyclic amide) rings is 1. The van der Waals surface area contributed by atoms with Crippen molar-refractivity contribution in [3.8, 4) is 0 Å². The molecule has 0 saturated carbocycles. The molecule has 3 rings (SSSR count). The van der Waals surface area contributed by atoms with Crippen LogP contribution in [0.4, 0.5) is 0 Å². The van der Waals surface area contributed by atoms with E-state index in [1.54, 1.807) is 38.1 Å². The van der Waals surface area contributed by atoms with E-state index in [-0.39, 0.29) is 62.7 Å². The summed E-state index contributed by atoms with van der Waals surface area (Å²) < 4.78 is -0.618. The van der Waals surface area contributed by atoms with Gasteiger partial charge in [0, 0.05) is 4.75 Å². The summed E-state index contributed by atoms with van der Waals surface area (Å²) in [5.41, 5.74) is 6.59. The number of carboxylic acid groups (broad SMARTS) is 1. The number of nitrogens with one attached hydrogen (secondary N) is 1. The number of carboxylic acids is 1. The summed E-state index contributed by atoms with van der Waals surface area (Å²) in [6.07, 6.45) is 0. The number of aliphatic carboxylic acids is 1. The second-order valence-electron chi connectivity index (χ2n) is 6.47. The van der Waals surface area contributed by atoms with Crippen LogP contribution in [-0.2, 0) is 14.4 Å². The zero-order chi connectivity index (χ0) is 17.6. The Morgan fingerprint density at radius 1 is 1.32 bits per heavy atom. The van der Waals surface area contributed by atoms with Crippen molar-refractivity contribution in [2.24, 2.45) is 5.73 Å². The number of carbonyl (C=O) groups is 3. The van der Waals surface area contributed by atoms with Gasteiger partial charge in [-0.25, -0.2) is 4.79 Å². The van der Waals surface area contributed by atoms with Crippen LogP contribution in [0, 0.1) is 0 Å². The molecule has 2 aliphatic rings. The number of nitrogens with two attached hydrogens (primary N) is 1. The Morgan fingerprint density at radius 3 is 2.48 bits per heavy atom. The van der Waals surface area contributed by atoms with Gasteiger partial charge in [0.15, 0.2) is 0 Å². The van der Waals surface area contributed by atoms with Gasteiger partial charge in [-0.2, -0.15) is 0 Å². The molecule has 0 radical (unpaired) electrons. The molecule has 2 fully saturated rings. The van der Waals surface area contributed by atoms with Crippen molar-refractivity contribution in [2.75, 3.05) is 0 Å². The Balaban J connectivity index is 0.00000225. The van der Waals surface area contributed by atoms with E-state index in [9.17, 15) is 19.5 Å². The van der Waals surface area contributed by atoms with Crippen LogP contribution >= 0.6 is 11.8 Å². The van der Waals surface area contributed by atoms with Crippen molar-refractivity contribution >= 4 is 80.9 Å². The summed E-state index contributed by atoms with van der Waals surface area (Å²) in [6, 6.07) is 6.38. The SMILES string of the molecule is CC1(C)S[C@@H]2[C@H](NC(=O)C(N)c3ccccc3)C(=O)N2[C@H]1C(=O)O.[KH]. The first-order valence-electron chi connectivity index (χ1n) is 7.58. The molecule has 0 bridgehead atoms. The number of nitrogens with zero attached hydrogens (tertiary/aromatic N) is 1. The summed E-state index contributed by atoms with van der Waals surface area (Å²) in [4.78, 5) is 37.5. The molecule has 2 aliphatic heterocycles. The topological polar surface area (TPSA) is 113 Å². The molecule has 9 heteroatoms. The van der Waals surface area contributed by atoms with E-state index >= 15 is 0 Å². The molecule has 4 N–H and O–H groups in total. The number of rotatable bonds is 4. The van der Waals surface area contributed by atoms with E-state index in [1.807, 2.05) is 6.07 Å². The van der Waals surface area contributed by atoms with E-state index in [2.05, 4.69) is 5.32 Å². The third kappa shape index (κ3) is 3.68. The standard InChI is InChI=1S/C16H19N3O4S.K.H/c1-16(2)11(15(22)23)19-13(21)10(14(19)24-16)18-12(20)9(17)8-6-4-3-5-7-8;;/h3-7,9-11,14H,17H2,1-2H3,(H,18,20)(H,22,23);;/t9?,10-,11+,14-;;/m1../s1. The molecule has 2 amide bonds. The maximum atomic E-state index is 12.3. The fraction of sp³-hybridized carbons (Fsp3) is 0.438. The van der Waals surface area contributed by atoms with Crippen LogP contribution in [0.3, 0.4) is 0 Å². The third-order valence-electron chi connectivity index (χ3n) is 4.41. The van der Waals surface area contributed by atoms with E-state index in [4.69, 9.17) is 5.73 Å². The fourth-order valence-corrected chi connectivity index (χ4v) is 4.83. The molecular formula is C16H20KN3O4S. The summed E-state index contributed by atoms with van der Waals surface area (Å²) >= 11 is 1.38. The van der Waals surface area contributed by atoms with Gasteiger partial charge in [-0.15, -0.1) is 11.8 Å². The van der Waals surface area contributed by atoms with Crippen molar-refractivity contribution in [1.82, 2.24) is 10.2 Å². The summed E-state index contributed by atoms with van der Waals surface area (Å²) in [5.74, 6) is -1.86. The molecule has 2 heterocycles. The molecule has 4 atom stereocenters. The van der Waals surface area contributed by atoms with Gasteiger partial charge < -0.3 is 21.1 Å². The first-order chi connectivity index (χ1) is 11.2. The number of benzene rings is 1. The van der Waals surface area contributed by atoms with Gasteiger partial charge >= 0.3 is 57.4 Å². The number of amides is 2. The van der Waals surface area contributed by atoms with Gasteiger partial charge in [-0.3, -0.25) is 9.59 Å². The van der Waals surface area contributed by atoms with Gasteiger partial charge in [-0.05, 0) is 19.4 Å². The summed E-state index contributed by atoms with van der Waals surface area (Å²) in [6.45, 7) is 3.58. The van der Waals surface area contributed by atoms with Crippen LogP contribution in [0.5, 0.6) is 0 Å². The predicted molar refractivity (Wildman–Crippen MR) is 96.2 cm³/mol. The fourth-order valence-electron chi connectivity index (χ4n) is 3.20.